The van der Waals surface area contributed by atoms with Gasteiger partial charge in [0.05, 0.1) is 18.4 Å². The van der Waals surface area contributed by atoms with Crippen molar-refractivity contribution in [1.29, 1.82) is 0 Å². The van der Waals surface area contributed by atoms with Crippen molar-refractivity contribution >= 4 is 21.7 Å². The molecule has 1 saturated carbocycles. The topological polar surface area (TPSA) is 102 Å². The minimum absolute atomic E-state index is 0.0261. The maximum Gasteiger partial charge on any atom is 0.255 e. The predicted octanol–water partition coefficient (Wildman–Crippen LogP) is 1.29. The zero-order chi connectivity index (χ0) is 19.2. The molecule has 2 rings (SSSR count). The Morgan fingerprint density at radius 3 is 2.50 bits per heavy atom. The smallest absolute Gasteiger partial charge is 0.255 e. The Morgan fingerprint density at radius 1 is 1.23 bits per heavy atom. The van der Waals surface area contributed by atoms with Gasteiger partial charge in [-0.2, -0.15) is 0 Å². The van der Waals surface area contributed by atoms with E-state index in [1.807, 2.05) is 0 Å². The average Bonchev–Trinajstić information content (AvgIpc) is 3.10. The monoisotopic (exact) mass is 382 g/mol. The summed E-state index contributed by atoms with van der Waals surface area (Å²) < 4.78 is 28.2. The molecule has 8 heteroatoms. The third-order valence-corrected chi connectivity index (χ3v) is 5.43. The van der Waals surface area contributed by atoms with Gasteiger partial charge in [0, 0.05) is 12.3 Å². The Hall–Kier alpha value is -2.09. The molecular weight excluding hydrogens is 356 g/mol. The number of amides is 2. The van der Waals surface area contributed by atoms with Gasteiger partial charge in [-0.1, -0.05) is 25.0 Å². The lowest BCUT2D eigenvalue weighted by Gasteiger charge is -2.21. The Bertz CT molecular complexity index is 742. The number of benzene rings is 1. The van der Waals surface area contributed by atoms with Crippen LogP contribution in [0, 0.1) is 0 Å². The molecule has 1 aromatic rings. The van der Waals surface area contributed by atoms with Crippen LogP contribution in [0.25, 0.3) is 0 Å². The molecule has 2 amide bonds. The largest absolute Gasteiger partial charge is 0.496 e. The number of ether oxygens (including phenoxy) is 1. The molecule has 1 fully saturated rings. The van der Waals surface area contributed by atoms with Crippen LogP contribution in [0.4, 0.5) is 0 Å². The van der Waals surface area contributed by atoms with E-state index in [9.17, 15) is 18.0 Å². The number of carbonyl (C=O) groups excluding carboxylic acids is 2. The molecule has 1 unspecified atom stereocenters. The van der Waals surface area contributed by atoms with Crippen molar-refractivity contribution in [3.63, 3.8) is 0 Å². The van der Waals surface area contributed by atoms with Crippen LogP contribution in [0.1, 0.15) is 42.5 Å². The number of methoxy groups -OCH3 is 1. The molecule has 0 bridgehead atoms. The molecule has 0 aromatic heterocycles. The van der Waals surface area contributed by atoms with Gasteiger partial charge in [-0.25, -0.2) is 8.42 Å². The van der Waals surface area contributed by atoms with Crippen molar-refractivity contribution in [2.45, 2.75) is 44.2 Å². The van der Waals surface area contributed by atoms with Gasteiger partial charge >= 0.3 is 0 Å². The summed E-state index contributed by atoms with van der Waals surface area (Å²) in [5, 5.41) is 5.58. The van der Waals surface area contributed by atoms with Crippen molar-refractivity contribution in [2.75, 3.05) is 19.1 Å². The fourth-order valence-electron chi connectivity index (χ4n) is 3.04. The fourth-order valence-corrected chi connectivity index (χ4v) is 3.70. The summed E-state index contributed by atoms with van der Waals surface area (Å²) in [4.78, 5) is 25.2. The highest BCUT2D eigenvalue weighted by Gasteiger charge is 2.27. The molecular formula is C18H26N2O5S. The highest BCUT2D eigenvalue weighted by atomic mass is 32.2. The zero-order valence-electron chi connectivity index (χ0n) is 15.2. The lowest BCUT2D eigenvalue weighted by atomic mass is 10.1. The van der Waals surface area contributed by atoms with Crippen molar-refractivity contribution in [3.05, 3.63) is 29.8 Å². The van der Waals surface area contributed by atoms with Crippen LogP contribution in [0.15, 0.2) is 24.3 Å². The van der Waals surface area contributed by atoms with Gasteiger partial charge in [0.2, 0.25) is 5.91 Å². The van der Waals surface area contributed by atoms with Gasteiger partial charge in [-0.3, -0.25) is 9.59 Å². The van der Waals surface area contributed by atoms with Gasteiger partial charge in [0.25, 0.3) is 5.91 Å². The number of sulfone groups is 1. The molecule has 0 heterocycles. The van der Waals surface area contributed by atoms with Gasteiger partial charge in [0.1, 0.15) is 21.6 Å². The standard InChI is InChI=1S/C18H26N2O5S/c1-25-16-10-6-5-9-14(16)17(21)20-15(11-12-26(2,23)24)18(22)19-13-7-3-4-8-13/h5-6,9-10,13,15H,3-4,7-8,11-12H2,1-2H3,(H,19,22)(H,20,21). The van der Waals surface area contributed by atoms with Crippen LogP contribution in [-0.2, 0) is 14.6 Å². The molecule has 0 saturated heterocycles. The number of para-hydroxylation sites is 1. The Kier molecular flexibility index (Phi) is 7.02. The van der Waals surface area contributed by atoms with Crippen molar-refractivity contribution in [3.8, 4) is 5.75 Å². The average molecular weight is 382 g/mol. The van der Waals surface area contributed by atoms with Crippen molar-refractivity contribution in [2.24, 2.45) is 0 Å². The first kappa shape index (κ1) is 20.2. The van der Waals surface area contributed by atoms with E-state index in [1.165, 1.54) is 7.11 Å². The number of hydrogen-bond donors (Lipinski definition) is 2. The van der Waals surface area contributed by atoms with E-state index < -0.39 is 21.8 Å². The summed E-state index contributed by atoms with van der Waals surface area (Å²) in [7, 11) is -1.79. The van der Waals surface area contributed by atoms with E-state index in [1.54, 1.807) is 24.3 Å². The molecule has 0 aliphatic heterocycles. The second-order valence-electron chi connectivity index (χ2n) is 6.63. The first-order valence-electron chi connectivity index (χ1n) is 8.72. The van der Waals surface area contributed by atoms with Crippen LogP contribution >= 0.6 is 0 Å². The predicted molar refractivity (Wildman–Crippen MR) is 99.0 cm³/mol. The first-order valence-corrected chi connectivity index (χ1v) is 10.8. The zero-order valence-corrected chi connectivity index (χ0v) is 16.0. The molecule has 144 valence electrons. The minimum Gasteiger partial charge on any atom is -0.496 e. The fraction of sp³-hybridized carbons (Fsp3) is 0.556. The van der Waals surface area contributed by atoms with Gasteiger partial charge in [0.15, 0.2) is 0 Å². The maximum atomic E-state index is 12.6. The van der Waals surface area contributed by atoms with Crippen LogP contribution in [-0.4, -0.2) is 51.4 Å². The Morgan fingerprint density at radius 2 is 1.88 bits per heavy atom. The lowest BCUT2D eigenvalue weighted by Crippen LogP contribution is -2.49. The highest BCUT2D eigenvalue weighted by molar-refractivity contribution is 7.90. The number of nitrogens with one attached hydrogen (secondary N) is 2. The molecule has 0 radical (unpaired) electrons. The van der Waals surface area contributed by atoms with Gasteiger partial charge in [-0.05, 0) is 31.4 Å². The molecule has 1 aliphatic carbocycles. The SMILES string of the molecule is COc1ccccc1C(=O)NC(CCS(C)(=O)=O)C(=O)NC1CCCC1. The van der Waals surface area contributed by atoms with E-state index in [-0.39, 0.29) is 24.1 Å². The molecule has 1 aromatic carbocycles. The molecule has 0 spiro atoms. The lowest BCUT2D eigenvalue weighted by molar-refractivity contribution is -0.123. The quantitative estimate of drug-likeness (QED) is 0.705. The maximum absolute atomic E-state index is 12.6. The van der Waals surface area contributed by atoms with Gasteiger partial charge < -0.3 is 15.4 Å². The second kappa shape index (κ2) is 9.02. The summed E-state index contributed by atoms with van der Waals surface area (Å²) in [6, 6.07) is 5.86. The van der Waals surface area contributed by atoms with E-state index in [4.69, 9.17) is 4.74 Å². The first-order chi connectivity index (χ1) is 12.3. The summed E-state index contributed by atoms with van der Waals surface area (Å²) in [5.41, 5.74) is 0.299. The summed E-state index contributed by atoms with van der Waals surface area (Å²) in [6.07, 6.45) is 5.08. The normalized spacial score (nSPS) is 16.1. The van der Waals surface area contributed by atoms with Crippen LogP contribution in [0.2, 0.25) is 0 Å². The Balaban J connectivity index is 2.11. The molecule has 1 atom stereocenters. The van der Waals surface area contributed by atoms with Crippen LogP contribution < -0.4 is 15.4 Å². The van der Waals surface area contributed by atoms with Crippen LogP contribution in [0.5, 0.6) is 5.75 Å². The highest BCUT2D eigenvalue weighted by Crippen LogP contribution is 2.19. The van der Waals surface area contributed by atoms with Gasteiger partial charge in [-0.15, -0.1) is 0 Å². The third kappa shape index (κ3) is 6.01. The van der Waals surface area contributed by atoms with Crippen LogP contribution in [0.3, 0.4) is 0 Å². The summed E-state index contributed by atoms with van der Waals surface area (Å²) in [6.45, 7) is 0. The van der Waals surface area contributed by atoms with E-state index >= 15 is 0 Å². The second-order valence-corrected chi connectivity index (χ2v) is 8.89. The van der Waals surface area contributed by atoms with E-state index in [0.717, 1.165) is 31.9 Å². The van der Waals surface area contributed by atoms with E-state index in [0.29, 0.717) is 11.3 Å². The molecule has 7 nitrogen and oxygen atoms in total. The number of rotatable bonds is 8. The molecule has 2 N–H and O–H groups in total. The number of hydrogen-bond acceptors (Lipinski definition) is 5. The van der Waals surface area contributed by atoms with E-state index in [2.05, 4.69) is 10.6 Å². The molecule has 26 heavy (non-hydrogen) atoms. The van der Waals surface area contributed by atoms with Crippen molar-refractivity contribution < 1.29 is 22.7 Å². The Labute approximate surface area is 154 Å². The summed E-state index contributed by atoms with van der Waals surface area (Å²) >= 11 is 0. The number of carbonyl (C=O) groups is 2. The third-order valence-electron chi connectivity index (χ3n) is 4.45. The molecule has 1 aliphatic rings. The minimum atomic E-state index is -3.25. The van der Waals surface area contributed by atoms with Crippen molar-refractivity contribution in [1.82, 2.24) is 10.6 Å². The summed E-state index contributed by atoms with van der Waals surface area (Å²) in [5.74, 6) is -0.600.